The Morgan fingerprint density at radius 3 is 1.74 bits per heavy atom. The van der Waals surface area contributed by atoms with Crippen LogP contribution in [-0.2, 0) is 5.41 Å². The minimum atomic E-state index is -0.399. The van der Waals surface area contributed by atoms with Crippen molar-refractivity contribution in [2.24, 2.45) is 0 Å². The molecule has 0 bridgehead atoms. The summed E-state index contributed by atoms with van der Waals surface area (Å²) in [5.41, 5.74) is 14.5. The third kappa shape index (κ3) is 4.35. The minimum Gasteiger partial charge on any atom is -0.355 e. The summed E-state index contributed by atoms with van der Waals surface area (Å²) in [6.45, 7) is 4.32. The van der Waals surface area contributed by atoms with Gasteiger partial charge in [0.25, 0.3) is 0 Å². The van der Waals surface area contributed by atoms with Gasteiger partial charge < -0.3 is 5.32 Å². The fourth-order valence-corrected chi connectivity index (χ4v) is 6.50. The maximum atomic E-state index is 3.59. The van der Waals surface area contributed by atoms with Crippen molar-refractivity contribution in [3.8, 4) is 11.1 Å². The Bertz CT molecular complexity index is 1850. The Kier molecular flexibility index (Phi) is 6.56. The Labute approximate surface area is 248 Å². The third-order valence-electron chi connectivity index (χ3n) is 8.53. The first kappa shape index (κ1) is 25.8. The van der Waals surface area contributed by atoms with E-state index in [1.807, 2.05) is 6.07 Å². The summed E-state index contributed by atoms with van der Waals surface area (Å²) < 4.78 is 0. The molecule has 6 aromatic rings. The molecule has 42 heavy (non-hydrogen) atoms. The van der Waals surface area contributed by atoms with Crippen LogP contribution in [0.5, 0.6) is 0 Å². The maximum Gasteiger partial charge on any atom is 0.0713 e. The SMILES string of the molecule is Cc1ccc(C2(c3ccc(C)cc3)c3ccccc3-c3c(/C=C\c4ccccc4Nc4ccccc4)cccc32)cc1. The molecule has 0 amide bonds. The molecule has 202 valence electrons. The molecule has 0 fully saturated rings. The van der Waals surface area contributed by atoms with Gasteiger partial charge in [0, 0.05) is 11.4 Å². The van der Waals surface area contributed by atoms with Crippen LogP contribution in [0.3, 0.4) is 0 Å². The lowest BCUT2D eigenvalue weighted by atomic mass is 9.67. The molecule has 0 saturated carbocycles. The van der Waals surface area contributed by atoms with Crippen LogP contribution in [0.2, 0.25) is 0 Å². The molecule has 1 heteroatoms. The second-order valence-electron chi connectivity index (χ2n) is 11.2. The monoisotopic (exact) mass is 539 g/mol. The van der Waals surface area contributed by atoms with E-state index in [2.05, 4.69) is 171 Å². The highest BCUT2D eigenvalue weighted by molar-refractivity contribution is 5.93. The van der Waals surface area contributed by atoms with Crippen LogP contribution >= 0.6 is 0 Å². The van der Waals surface area contributed by atoms with Gasteiger partial charge in [-0.3, -0.25) is 0 Å². The molecule has 0 aliphatic heterocycles. The van der Waals surface area contributed by atoms with Crippen LogP contribution < -0.4 is 5.32 Å². The third-order valence-corrected chi connectivity index (χ3v) is 8.53. The van der Waals surface area contributed by atoms with E-state index in [1.165, 1.54) is 50.1 Å². The van der Waals surface area contributed by atoms with Gasteiger partial charge in [0.05, 0.1) is 5.41 Å². The van der Waals surface area contributed by atoms with Gasteiger partial charge in [-0.25, -0.2) is 0 Å². The Balaban J connectivity index is 1.42. The van der Waals surface area contributed by atoms with E-state index in [0.29, 0.717) is 0 Å². The zero-order chi connectivity index (χ0) is 28.5. The van der Waals surface area contributed by atoms with Crippen molar-refractivity contribution in [2.75, 3.05) is 5.32 Å². The average molecular weight is 540 g/mol. The predicted octanol–water partition coefficient (Wildman–Crippen LogP) is 10.6. The molecule has 6 aromatic carbocycles. The molecule has 0 aromatic heterocycles. The molecular formula is C41H33N. The van der Waals surface area contributed by atoms with E-state index in [1.54, 1.807) is 0 Å². The standard InChI is InChI=1S/C41H33N/c1-29-19-25-33(26-20-29)41(34-27-21-30(2)22-28-34)37-16-8-7-15-36(37)40-32(12-10-17-38(40)41)24-23-31-11-6-9-18-39(31)42-35-13-4-3-5-14-35/h3-28,42H,1-2H3/b24-23-. The average Bonchev–Trinajstić information content (AvgIpc) is 3.34. The lowest BCUT2D eigenvalue weighted by molar-refractivity contribution is 0.767. The van der Waals surface area contributed by atoms with Gasteiger partial charge in [0.2, 0.25) is 0 Å². The largest absolute Gasteiger partial charge is 0.355 e. The molecule has 0 unspecified atom stereocenters. The predicted molar refractivity (Wildman–Crippen MR) is 178 cm³/mol. The maximum absolute atomic E-state index is 3.59. The van der Waals surface area contributed by atoms with Crippen LogP contribution in [0, 0.1) is 13.8 Å². The highest BCUT2D eigenvalue weighted by atomic mass is 14.9. The molecule has 1 N–H and O–H groups in total. The quantitative estimate of drug-likeness (QED) is 0.207. The number of nitrogens with one attached hydrogen (secondary N) is 1. The summed E-state index contributed by atoms with van der Waals surface area (Å²) in [5, 5.41) is 3.59. The summed E-state index contributed by atoms with van der Waals surface area (Å²) >= 11 is 0. The molecule has 1 aliphatic carbocycles. The van der Waals surface area contributed by atoms with E-state index < -0.39 is 5.41 Å². The number of para-hydroxylation sites is 2. The summed E-state index contributed by atoms with van der Waals surface area (Å²) in [7, 11) is 0. The van der Waals surface area contributed by atoms with Gasteiger partial charge in [-0.15, -0.1) is 0 Å². The Morgan fingerprint density at radius 2 is 1.02 bits per heavy atom. The lowest BCUT2D eigenvalue weighted by Crippen LogP contribution is -2.28. The minimum absolute atomic E-state index is 0.399. The zero-order valence-electron chi connectivity index (χ0n) is 24.0. The van der Waals surface area contributed by atoms with Crippen molar-refractivity contribution in [2.45, 2.75) is 19.3 Å². The van der Waals surface area contributed by atoms with Crippen molar-refractivity contribution in [3.05, 3.63) is 190 Å². The molecule has 0 heterocycles. The van der Waals surface area contributed by atoms with E-state index in [-0.39, 0.29) is 0 Å². The van der Waals surface area contributed by atoms with Gasteiger partial charge in [-0.2, -0.15) is 0 Å². The smallest absolute Gasteiger partial charge is 0.0713 e. The van der Waals surface area contributed by atoms with E-state index in [9.17, 15) is 0 Å². The number of benzene rings is 6. The summed E-state index contributed by atoms with van der Waals surface area (Å²) in [6, 6.07) is 52.8. The summed E-state index contributed by atoms with van der Waals surface area (Å²) in [4.78, 5) is 0. The molecule has 1 aliphatic rings. The first-order valence-electron chi connectivity index (χ1n) is 14.6. The van der Waals surface area contributed by atoms with Gasteiger partial charge in [-0.1, -0.05) is 151 Å². The van der Waals surface area contributed by atoms with Crippen molar-refractivity contribution in [1.29, 1.82) is 0 Å². The number of hydrogen-bond acceptors (Lipinski definition) is 1. The highest BCUT2D eigenvalue weighted by Gasteiger charge is 2.46. The normalized spacial score (nSPS) is 13.1. The Hall–Kier alpha value is -5.14. The second kappa shape index (κ2) is 10.7. The molecule has 0 radical (unpaired) electrons. The van der Waals surface area contributed by atoms with Crippen LogP contribution in [0.4, 0.5) is 11.4 Å². The Morgan fingerprint density at radius 1 is 0.476 bits per heavy atom. The number of hydrogen-bond donors (Lipinski definition) is 1. The fraction of sp³-hybridized carbons (Fsp3) is 0.0732. The molecule has 1 nitrogen and oxygen atoms in total. The molecule has 0 saturated heterocycles. The van der Waals surface area contributed by atoms with Gasteiger partial charge in [0.15, 0.2) is 0 Å². The number of anilines is 2. The molecule has 0 spiro atoms. The summed E-state index contributed by atoms with van der Waals surface area (Å²) in [5.74, 6) is 0. The summed E-state index contributed by atoms with van der Waals surface area (Å²) in [6.07, 6.45) is 4.52. The fourth-order valence-electron chi connectivity index (χ4n) is 6.50. The van der Waals surface area contributed by atoms with Crippen LogP contribution in [-0.4, -0.2) is 0 Å². The van der Waals surface area contributed by atoms with Crippen molar-refractivity contribution >= 4 is 23.5 Å². The van der Waals surface area contributed by atoms with Gasteiger partial charge in [-0.05, 0) is 76.6 Å². The number of fused-ring (bicyclic) bond motifs is 3. The second-order valence-corrected chi connectivity index (χ2v) is 11.2. The molecule has 0 atom stereocenters. The first-order chi connectivity index (χ1) is 20.6. The van der Waals surface area contributed by atoms with Crippen LogP contribution in [0.1, 0.15) is 44.5 Å². The van der Waals surface area contributed by atoms with Crippen molar-refractivity contribution < 1.29 is 0 Å². The topological polar surface area (TPSA) is 12.0 Å². The van der Waals surface area contributed by atoms with Crippen molar-refractivity contribution in [1.82, 2.24) is 0 Å². The van der Waals surface area contributed by atoms with E-state index >= 15 is 0 Å². The van der Waals surface area contributed by atoms with E-state index in [0.717, 1.165) is 16.9 Å². The number of aryl methyl sites for hydroxylation is 2. The van der Waals surface area contributed by atoms with Gasteiger partial charge in [0.1, 0.15) is 0 Å². The van der Waals surface area contributed by atoms with Crippen LogP contribution in [0.25, 0.3) is 23.3 Å². The first-order valence-corrected chi connectivity index (χ1v) is 14.6. The molecular weight excluding hydrogens is 506 g/mol. The van der Waals surface area contributed by atoms with Gasteiger partial charge >= 0.3 is 0 Å². The highest BCUT2D eigenvalue weighted by Crippen LogP contribution is 2.57. The van der Waals surface area contributed by atoms with Crippen molar-refractivity contribution in [3.63, 3.8) is 0 Å². The number of rotatable bonds is 6. The van der Waals surface area contributed by atoms with E-state index in [4.69, 9.17) is 0 Å². The van der Waals surface area contributed by atoms with Crippen LogP contribution in [0.15, 0.2) is 146 Å². The lowest BCUT2D eigenvalue weighted by Gasteiger charge is -2.34. The molecule has 7 rings (SSSR count). The zero-order valence-corrected chi connectivity index (χ0v) is 24.0.